The largest absolute Gasteiger partial charge is 0.335 e. The number of benzene rings is 1. The summed E-state index contributed by atoms with van der Waals surface area (Å²) in [6.07, 6.45) is 0.236. The molecule has 1 aromatic rings. The molecule has 2 atom stereocenters. The van der Waals surface area contributed by atoms with E-state index < -0.39 is 5.24 Å². The molecule has 17 heavy (non-hydrogen) atoms. The Morgan fingerprint density at radius 1 is 1.41 bits per heavy atom. The van der Waals surface area contributed by atoms with Crippen LogP contribution in [0, 0.1) is 5.92 Å². The van der Waals surface area contributed by atoms with Crippen molar-refractivity contribution < 1.29 is 9.59 Å². The number of likely N-dealkylation sites (tertiary alicyclic amines) is 1. The van der Waals surface area contributed by atoms with Gasteiger partial charge >= 0.3 is 0 Å². The quantitative estimate of drug-likeness (QED) is 0.774. The number of halogens is 1. The fraction of sp³-hybridized carbons (Fsp3) is 0.385. The van der Waals surface area contributed by atoms with Gasteiger partial charge in [0.05, 0.1) is 12.0 Å². The molecule has 90 valence electrons. The van der Waals surface area contributed by atoms with Crippen molar-refractivity contribution in [2.75, 3.05) is 6.54 Å². The van der Waals surface area contributed by atoms with Crippen molar-refractivity contribution >= 4 is 22.8 Å². The topological polar surface area (TPSA) is 37.4 Å². The van der Waals surface area contributed by atoms with Gasteiger partial charge in [0.15, 0.2) is 0 Å². The van der Waals surface area contributed by atoms with E-state index in [9.17, 15) is 9.59 Å². The van der Waals surface area contributed by atoms with Crippen LogP contribution in [0.25, 0.3) is 0 Å². The number of hydrogen-bond donors (Lipinski definition) is 0. The van der Waals surface area contributed by atoms with Crippen LogP contribution >= 0.6 is 11.6 Å². The van der Waals surface area contributed by atoms with Crippen LogP contribution in [0.15, 0.2) is 30.3 Å². The van der Waals surface area contributed by atoms with E-state index in [1.165, 1.54) is 0 Å². The summed E-state index contributed by atoms with van der Waals surface area (Å²) in [5.74, 6) is -0.351. The molecular formula is C13H14ClNO2. The third-order valence-electron chi connectivity index (χ3n) is 3.23. The number of carbonyl (C=O) groups is 2. The van der Waals surface area contributed by atoms with E-state index in [4.69, 9.17) is 11.6 Å². The zero-order valence-electron chi connectivity index (χ0n) is 9.60. The van der Waals surface area contributed by atoms with Crippen LogP contribution < -0.4 is 0 Å². The fourth-order valence-electron chi connectivity index (χ4n) is 2.17. The average molecular weight is 252 g/mol. The minimum Gasteiger partial charge on any atom is -0.335 e. The molecular weight excluding hydrogens is 238 g/mol. The van der Waals surface area contributed by atoms with Gasteiger partial charge in [-0.05, 0) is 24.1 Å². The molecule has 0 radical (unpaired) electrons. The Hall–Kier alpha value is -1.35. The molecule has 1 saturated heterocycles. The molecule has 0 saturated carbocycles. The molecule has 0 spiro atoms. The van der Waals surface area contributed by atoms with E-state index in [1.54, 1.807) is 4.90 Å². The highest BCUT2D eigenvalue weighted by atomic mass is 35.5. The van der Waals surface area contributed by atoms with Crippen LogP contribution in [0.4, 0.5) is 0 Å². The zero-order chi connectivity index (χ0) is 12.4. The molecule has 0 bridgehead atoms. The van der Waals surface area contributed by atoms with Gasteiger partial charge in [0.1, 0.15) is 0 Å². The first kappa shape index (κ1) is 12.1. The number of nitrogens with zero attached hydrogens (tertiary/aromatic N) is 1. The van der Waals surface area contributed by atoms with Gasteiger partial charge in [-0.1, -0.05) is 30.3 Å². The second kappa shape index (κ2) is 4.88. The van der Waals surface area contributed by atoms with E-state index in [1.807, 2.05) is 37.3 Å². The second-order valence-electron chi connectivity index (χ2n) is 4.34. The third-order valence-corrected chi connectivity index (χ3v) is 3.54. The minimum absolute atomic E-state index is 0.000327. The lowest BCUT2D eigenvalue weighted by Gasteiger charge is -2.24. The van der Waals surface area contributed by atoms with E-state index in [0.29, 0.717) is 6.54 Å². The smallest absolute Gasteiger partial charge is 0.227 e. The van der Waals surface area contributed by atoms with Crippen molar-refractivity contribution in [1.82, 2.24) is 4.90 Å². The molecule has 0 unspecified atom stereocenters. The molecule has 1 aromatic carbocycles. The molecule has 3 nitrogen and oxygen atoms in total. The third kappa shape index (κ3) is 2.50. The van der Waals surface area contributed by atoms with Gasteiger partial charge in [-0.2, -0.15) is 0 Å². The van der Waals surface area contributed by atoms with Gasteiger partial charge in [0.25, 0.3) is 0 Å². The van der Waals surface area contributed by atoms with Crippen molar-refractivity contribution in [1.29, 1.82) is 0 Å². The highest BCUT2D eigenvalue weighted by molar-refractivity contribution is 6.64. The lowest BCUT2D eigenvalue weighted by atomic mass is 10.1. The monoisotopic (exact) mass is 251 g/mol. The highest BCUT2D eigenvalue weighted by Gasteiger charge is 2.36. The maximum atomic E-state index is 11.8. The average Bonchev–Trinajstić information content (AvgIpc) is 2.72. The Balaban J connectivity index is 2.14. The number of amides is 1. The summed E-state index contributed by atoms with van der Waals surface area (Å²) in [5.41, 5.74) is 1.07. The van der Waals surface area contributed by atoms with Gasteiger partial charge in [0, 0.05) is 13.0 Å². The molecule has 0 aromatic heterocycles. The predicted molar refractivity (Wildman–Crippen MR) is 65.5 cm³/mol. The molecule has 0 N–H and O–H groups in total. The van der Waals surface area contributed by atoms with Gasteiger partial charge in [-0.25, -0.2) is 0 Å². The Morgan fingerprint density at radius 3 is 2.59 bits per heavy atom. The van der Waals surface area contributed by atoms with Gasteiger partial charge in [0.2, 0.25) is 11.1 Å². The normalized spacial score (nSPS) is 21.6. The lowest BCUT2D eigenvalue weighted by Crippen LogP contribution is -2.28. The van der Waals surface area contributed by atoms with E-state index in [0.717, 1.165) is 5.56 Å². The molecule has 1 heterocycles. The van der Waals surface area contributed by atoms with Crippen LogP contribution in [0.2, 0.25) is 0 Å². The number of rotatable bonds is 3. The molecule has 2 rings (SSSR count). The number of carbonyl (C=O) groups excluding carboxylic acids is 2. The highest BCUT2D eigenvalue weighted by Crippen LogP contribution is 2.29. The van der Waals surface area contributed by atoms with Crippen LogP contribution in [0.5, 0.6) is 0 Å². The van der Waals surface area contributed by atoms with Crippen molar-refractivity contribution in [3.8, 4) is 0 Å². The van der Waals surface area contributed by atoms with E-state index >= 15 is 0 Å². The first-order valence-corrected chi connectivity index (χ1v) is 6.01. The summed E-state index contributed by atoms with van der Waals surface area (Å²) < 4.78 is 0. The Morgan fingerprint density at radius 2 is 2.06 bits per heavy atom. The van der Waals surface area contributed by atoms with Gasteiger partial charge < -0.3 is 4.90 Å². The standard InChI is InChI=1S/C13H14ClNO2/c1-9(10-5-3-2-4-6-10)15-8-11(13(14)17)7-12(15)16/h2-6,9,11H,7-8H2,1H3/t9-,11+/m1/s1. The molecule has 1 fully saturated rings. The predicted octanol–water partition coefficient (Wildman–Crippen LogP) is 2.36. The van der Waals surface area contributed by atoms with Crippen LogP contribution in [0.3, 0.4) is 0 Å². The lowest BCUT2D eigenvalue weighted by molar-refractivity contribution is -0.129. The van der Waals surface area contributed by atoms with Crippen molar-refractivity contribution in [3.05, 3.63) is 35.9 Å². The Labute approximate surface area is 105 Å². The SMILES string of the molecule is C[C@H](c1ccccc1)N1C[C@@H](C(=O)Cl)CC1=O. The summed E-state index contributed by atoms with van der Waals surface area (Å²) in [5, 5.41) is -0.416. The summed E-state index contributed by atoms with van der Waals surface area (Å²) in [7, 11) is 0. The van der Waals surface area contributed by atoms with E-state index in [2.05, 4.69) is 0 Å². The van der Waals surface area contributed by atoms with Crippen LogP contribution in [0.1, 0.15) is 24.9 Å². The van der Waals surface area contributed by atoms with E-state index in [-0.39, 0.29) is 24.3 Å². The number of hydrogen-bond acceptors (Lipinski definition) is 2. The molecule has 0 aliphatic carbocycles. The summed E-state index contributed by atoms with van der Waals surface area (Å²) in [6.45, 7) is 2.39. The Kier molecular flexibility index (Phi) is 3.48. The zero-order valence-corrected chi connectivity index (χ0v) is 10.4. The molecule has 1 aliphatic heterocycles. The molecule has 4 heteroatoms. The van der Waals surface area contributed by atoms with Gasteiger partial charge in [-0.15, -0.1) is 0 Å². The minimum atomic E-state index is -0.416. The summed E-state index contributed by atoms with van der Waals surface area (Å²) >= 11 is 5.45. The summed E-state index contributed by atoms with van der Waals surface area (Å²) in [6, 6.07) is 9.77. The molecule has 1 amide bonds. The molecule has 1 aliphatic rings. The fourth-order valence-corrected chi connectivity index (χ4v) is 2.32. The first-order chi connectivity index (χ1) is 8.09. The van der Waals surface area contributed by atoms with Crippen LogP contribution in [-0.4, -0.2) is 22.6 Å². The summed E-state index contributed by atoms with van der Waals surface area (Å²) in [4.78, 5) is 24.6. The maximum absolute atomic E-state index is 11.8. The van der Waals surface area contributed by atoms with Crippen molar-refractivity contribution in [2.24, 2.45) is 5.92 Å². The Bertz CT molecular complexity index is 432. The van der Waals surface area contributed by atoms with Gasteiger partial charge in [-0.3, -0.25) is 9.59 Å². The maximum Gasteiger partial charge on any atom is 0.227 e. The first-order valence-electron chi connectivity index (χ1n) is 5.63. The van der Waals surface area contributed by atoms with Crippen molar-refractivity contribution in [3.63, 3.8) is 0 Å². The second-order valence-corrected chi connectivity index (χ2v) is 4.71. The van der Waals surface area contributed by atoms with Crippen LogP contribution in [-0.2, 0) is 9.59 Å². The van der Waals surface area contributed by atoms with Crippen molar-refractivity contribution in [2.45, 2.75) is 19.4 Å².